The van der Waals surface area contributed by atoms with E-state index in [9.17, 15) is 4.79 Å². The second kappa shape index (κ2) is 10.2. The van der Waals surface area contributed by atoms with Crippen LogP contribution in [0.1, 0.15) is 44.6 Å². The lowest BCUT2D eigenvalue weighted by atomic mass is 9.96. The van der Waals surface area contributed by atoms with E-state index in [0.717, 1.165) is 75.7 Å². The van der Waals surface area contributed by atoms with Gasteiger partial charge in [0.2, 0.25) is 5.91 Å². The third kappa shape index (κ3) is 5.88. The SMILES string of the molecule is CCNC(=NCc1ccccc1OC1CCC1)N1CCN(CC(=O)NC2CC2)CC1. The molecule has 4 rings (SSSR count). The van der Waals surface area contributed by atoms with Gasteiger partial charge in [0.05, 0.1) is 19.2 Å². The van der Waals surface area contributed by atoms with Crippen LogP contribution >= 0.6 is 0 Å². The number of hydrogen-bond donors (Lipinski definition) is 2. The third-order valence-electron chi connectivity index (χ3n) is 6.03. The molecule has 2 N–H and O–H groups in total. The maximum absolute atomic E-state index is 12.1. The summed E-state index contributed by atoms with van der Waals surface area (Å²) in [5, 5.41) is 6.51. The molecule has 30 heavy (non-hydrogen) atoms. The Hall–Kier alpha value is -2.28. The minimum Gasteiger partial charge on any atom is -0.490 e. The Balaban J connectivity index is 1.31. The van der Waals surface area contributed by atoms with Crippen LogP contribution in [0.2, 0.25) is 0 Å². The molecule has 1 aliphatic heterocycles. The Kier molecular flexibility index (Phi) is 7.10. The van der Waals surface area contributed by atoms with E-state index in [1.54, 1.807) is 0 Å². The molecule has 0 unspecified atom stereocenters. The molecule has 2 saturated carbocycles. The lowest BCUT2D eigenvalue weighted by molar-refractivity contribution is -0.122. The number of nitrogens with zero attached hydrogens (tertiary/aromatic N) is 3. The fourth-order valence-corrected chi connectivity index (χ4v) is 3.83. The fourth-order valence-electron chi connectivity index (χ4n) is 3.83. The lowest BCUT2D eigenvalue weighted by Gasteiger charge is -2.36. The Bertz CT molecular complexity index is 737. The standard InChI is InChI=1S/C23H35N5O2/c1-2-24-23(25-16-18-6-3-4-9-21(18)30-20-7-5-8-20)28-14-12-27(13-15-28)17-22(29)26-19-10-11-19/h3-4,6,9,19-20H,2,5,7-8,10-17H2,1H3,(H,24,25)(H,26,29). The molecule has 0 atom stereocenters. The number of nitrogens with one attached hydrogen (secondary N) is 2. The van der Waals surface area contributed by atoms with Crippen LogP contribution in [0.15, 0.2) is 29.3 Å². The molecule has 1 saturated heterocycles. The normalized spacial score (nSPS) is 20.6. The van der Waals surface area contributed by atoms with Gasteiger partial charge in [-0.1, -0.05) is 18.2 Å². The van der Waals surface area contributed by atoms with Gasteiger partial charge in [0.25, 0.3) is 0 Å². The van der Waals surface area contributed by atoms with Gasteiger partial charge in [-0.2, -0.15) is 0 Å². The predicted octanol–water partition coefficient (Wildman–Crippen LogP) is 1.98. The Morgan fingerprint density at radius 3 is 2.57 bits per heavy atom. The molecule has 7 nitrogen and oxygen atoms in total. The molecular weight excluding hydrogens is 378 g/mol. The number of guanidine groups is 1. The van der Waals surface area contributed by atoms with Crippen LogP contribution < -0.4 is 15.4 Å². The van der Waals surface area contributed by atoms with Crippen molar-refractivity contribution >= 4 is 11.9 Å². The van der Waals surface area contributed by atoms with Crippen molar-refractivity contribution < 1.29 is 9.53 Å². The van der Waals surface area contributed by atoms with Gasteiger partial charge in [-0.05, 0) is 45.1 Å². The molecule has 3 aliphatic rings. The first-order valence-electron chi connectivity index (χ1n) is 11.5. The summed E-state index contributed by atoms with van der Waals surface area (Å²) in [4.78, 5) is 21.5. The molecule has 0 radical (unpaired) electrons. The van der Waals surface area contributed by atoms with Crippen molar-refractivity contribution in [3.8, 4) is 5.75 Å². The van der Waals surface area contributed by atoms with E-state index < -0.39 is 0 Å². The highest BCUT2D eigenvalue weighted by Crippen LogP contribution is 2.28. The van der Waals surface area contributed by atoms with Crippen LogP contribution in [-0.4, -0.2) is 73.1 Å². The molecule has 1 heterocycles. The van der Waals surface area contributed by atoms with Gasteiger partial charge in [0.1, 0.15) is 5.75 Å². The van der Waals surface area contributed by atoms with E-state index in [2.05, 4.69) is 45.6 Å². The molecule has 164 valence electrons. The van der Waals surface area contributed by atoms with Gasteiger partial charge in [0.15, 0.2) is 5.96 Å². The van der Waals surface area contributed by atoms with Crippen LogP contribution in [0.5, 0.6) is 5.75 Å². The quantitative estimate of drug-likeness (QED) is 0.504. The Labute approximate surface area is 179 Å². The summed E-state index contributed by atoms with van der Waals surface area (Å²) >= 11 is 0. The van der Waals surface area contributed by atoms with E-state index in [1.807, 2.05) is 6.07 Å². The maximum atomic E-state index is 12.1. The molecule has 3 fully saturated rings. The lowest BCUT2D eigenvalue weighted by Crippen LogP contribution is -2.54. The number of ether oxygens (including phenoxy) is 1. The van der Waals surface area contributed by atoms with Gasteiger partial charge >= 0.3 is 0 Å². The highest BCUT2D eigenvalue weighted by atomic mass is 16.5. The average Bonchev–Trinajstić information content (AvgIpc) is 3.53. The minimum atomic E-state index is 0.162. The van der Waals surface area contributed by atoms with Crippen molar-refractivity contribution in [2.45, 2.75) is 57.7 Å². The third-order valence-corrected chi connectivity index (χ3v) is 6.03. The summed E-state index contributed by atoms with van der Waals surface area (Å²) in [5.74, 6) is 2.07. The van der Waals surface area contributed by atoms with Gasteiger partial charge in [-0.3, -0.25) is 9.69 Å². The van der Waals surface area contributed by atoms with Crippen LogP contribution in [0.25, 0.3) is 0 Å². The Morgan fingerprint density at radius 1 is 1.13 bits per heavy atom. The molecule has 1 aromatic carbocycles. The second-order valence-electron chi connectivity index (χ2n) is 8.55. The molecular formula is C23H35N5O2. The summed E-state index contributed by atoms with van der Waals surface area (Å²) in [6, 6.07) is 8.68. The smallest absolute Gasteiger partial charge is 0.234 e. The summed E-state index contributed by atoms with van der Waals surface area (Å²) in [5.41, 5.74) is 1.13. The largest absolute Gasteiger partial charge is 0.490 e. The maximum Gasteiger partial charge on any atom is 0.234 e. The van der Waals surface area contributed by atoms with E-state index in [4.69, 9.17) is 9.73 Å². The number of amides is 1. The first-order valence-corrected chi connectivity index (χ1v) is 11.5. The molecule has 0 bridgehead atoms. The molecule has 1 aromatic rings. The van der Waals surface area contributed by atoms with Gasteiger partial charge < -0.3 is 20.3 Å². The number of rotatable bonds is 8. The molecule has 1 amide bonds. The summed E-state index contributed by atoms with van der Waals surface area (Å²) in [6.45, 7) is 7.56. The predicted molar refractivity (Wildman–Crippen MR) is 119 cm³/mol. The second-order valence-corrected chi connectivity index (χ2v) is 8.55. The van der Waals surface area contributed by atoms with E-state index in [0.29, 0.717) is 25.2 Å². The summed E-state index contributed by atoms with van der Waals surface area (Å²) < 4.78 is 6.15. The monoisotopic (exact) mass is 413 g/mol. The van der Waals surface area contributed by atoms with Gasteiger partial charge in [0, 0.05) is 44.3 Å². The van der Waals surface area contributed by atoms with Crippen molar-refractivity contribution in [1.82, 2.24) is 20.4 Å². The van der Waals surface area contributed by atoms with Crippen molar-refractivity contribution in [2.24, 2.45) is 4.99 Å². The molecule has 7 heteroatoms. The zero-order valence-electron chi connectivity index (χ0n) is 18.1. The van der Waals surface area contributed by atoms with Crippen molar-refractivity contribution in [3.05, 3.63) is 29.8 Å². The molecule has 0 spiro atoms. The minimum absolute atomic E-state index is 0.162. The average molecular weight is 414 g/mol. The zero-order chi connectivity index (χ0) is 20.8. The van der Waals surface area contributed by atoms with Crippen molar-refractivity contribution in [2.75, 3.05) is 39.3 Å². The molecule has 0 aromatic heterocycles. The van der Waals surface area contributed by atoms with Crippen LogP contribution in [0.3, 0.4) is 0 Å². The number of piperazine rings is 1. The number of para-hydroxylation sites is 1. The number of benzene rings is 1. The Morgan fingerprint density at radius 2 is 1.90 bits per heavy atom. The molecule has 2 aliphatic carbocycles. The van der Waals surface area contributed by atoms with E-state index in [1.165, 1.54) is 6.42 Å². The highest BCUT2D eigenvalue weighted by molar-refractivity contribution is 5.80. The van der Waals surface area contributed by atoms with Crippen molar-refractivity contribution in [1.29, 1.82) is 0 Å². The number of hydrogen-bond acceptors (Lipinski definition) is 4. The number of aliphatic imine (C=N–C) groups is 1. The van der Waals surface area contributed by atoms with Crippen LogP contribution in [0.4, 0.5) is 0 Å². The first-order chi connectivity index (χ1) is 14.7. The van der Waals surface area contributed by atoms with Crippen molar-refractivity contribution in [3.63, 3.8) is 0 Å². The number of carbonyl (C=O) groups is 1. The zero-order valence-corrected chi connectivity index (χ0v) is 18.1. The number of carbonyl (C=O) groups excluding carboxylic acids is 1. The first kappa shape index (κ1) is 21.0. The summed E-state index contributed by atoms with van der Waals surface area (Å²) in [7, 11) is 0. The van der Waals surface area contributed by atoms with E-state index >= 15 is 0 Å². The van der Waals surface area contributed by atoms with E-state index in [-0.39, 0.29) is 5.91 Å². The van der Waals surface area contributed by atoms with Crippen LogP contribution in [0, 0.1) is 0 Å². The topological polar surface area (TPSA) is 69.2 Å². The highest BCUT2D eigenvalue weighted by Gasteiger charge is 2.26. The van der Waals surface area contributed by atoms with Gasteiger partial charge in [-0.15, -0.1) is 0 Å². The summed E-state index contributed by atoms with van der Waals surface area (Å²) in [6.07, 6.45) is 6.22. The van der Waals surface area contributed by atoms with Crippen LogP contribution in [-0.2, 0) is 11.3 Å². The van der Waals surface area contributed by atoms with Gasteiger partial charge in [-0.25, -0.2) is 4.99 Å². The fraction of sp³-hybridized carbons (Fsp3) is 0.652.